The molecule has 1 N–H and O–H groups in total. The van der Waals surface area contributed by atoms with Crippen molar-refractivity contribution in [3.8, 4) is 0 Å². The molecule has 0 aromatic heterocycles. The molecule has 3 atom stereocenters. The van der Waals surface area contributed by atoms with Crippen LogP contribution in [0.3, 0.4) is 0 Å². The zero-order chi connectivity index (χ0) is 14.3. The van der Waals surface area contributed by atoms with Gasteiger partial charge in [0.1, 0.15) is 11.6 Å². The lowest BCUT2D eigenvalue weighted by molar-refractivity contribution is 0.00475. The summed E-state index contributed by atoms with van der Waals surface area (Å²) in [5.41, 5.74) is 0.909. The zero-order valence-corrected chi connectivity index (χ0v) is 11.1. The van der Waals surface area contributed by atoms with Gasteiger partial charge in [-0.15, -0.1) is 0 Å². The highest BCUT2D eigenvalue weighted by molar-refractivity contribution is 7.59. The van der Waals surface area contributed by atoms with E-state index in [2.05, 4.69) is 0 Å². The lowest BCUT2D eigenvalue weighted by atomic mass is 10.2. The van der Waals surface area contributed by atoms with Crippen molar-refractivity contribution in [1.82, 2.24) is 0 Å². The zero-order valence-electron chi connectivity index (χ0n) is 10.2. The molecule has 1 aliphatic heterocycles. The Balaban J connectivity index is 1.85. The van der Waals surface area contributed by atoms with E-state index >= 15 is 0 Å². The molecule has 1 unspecified atom stereocenters. The highest BCUT2D eigenvalue weighted by Crippen LogP contribution is 2.76. The van der Waals surface area contributed by atoms with Gasteiger partial charge in [-0.2, -0.15) is 0 Å². The first-order chi connectivity index (χ1) is 9.48. The van der Waals surface area contributed by atoms with Crippen molar-refractivity contribution in [3.05, 3.63) is 71.3 Å². The van der Waals surface area contributed by atoms with Gasteiger partial charge in [0.2, 0.25) is 0 Å². The van der Waals surface area contributed by atoms with Crippen molar-refractivity contribution in [2.75, 3.05) is 0 Å². The van der Waals surface area contributed by atoms with E-state index in [9.17, 15) is 18.2 Å². The average molecular weight is 296 g/mol. The third-order valence-corrected chi connectivity index (χ3v) is 5.42. The van der Waals surface area contributed by atoms with Crippen LogP contribution >= 0.6 is 7.37 Å². The van der Waals surface area contributed by atoms with E-state index in [0.29, 0.717) is 11.1 Å². The molecule has 1 aliphatic rings. The lowest BCUT2D eigenvalue weighted by Gasteiger charge is -2.41. The predicted octanol–water partition coefficient (Wildman–Crippen LogP) is 3.96. The van der Waals surface area contributed by atoms with Crippen LogP contribution in [-0.4, -0.2) is 4.89 Å². The van der Waals surface area contributed by atoms with Gasteiger partial charge in [0.25, 0.3) is 7.37 Å². The molecule has 0 radical (unpaired) electrons. The molecule has 1 heterocycles. The molecule has 2 aromatic rings. The van der Waals surface area contributed by atoms with Crippen LogP contribution < -0.4 is 0 Å². The van der Waals surface area contributed by atoms with Gasteiger partial charge in [-0.3, -0.25) is 4.57 Å². The second-order valence-corrected chi connectivity index (χ2v) is 6.90. The molecule has 0 saturated carbocycles. The van der Waals surface area contributed by atoms with Crippen molar-refractivity contribution < 1.29 is 23.0 Å². The maximum atomic E-state index is 12.8. The van der Waals surface area contributed by atoms with Gasteiger partial charge in [-0.1, -0.05) is 24.3 Å². The first-order valence-electron chi connectivity index (χ1n) is 5.97. The van der Waals surface area contributed by atoms with E-state index in [0.717, 1.165) is 0 Å². The van der Waals surface area contributed by atoms with Gasteiger partial charge < -0.3 is 9.63 Å². The Morgan fingerprint density at radius 1 is 0.850 bits per heavy atom. The van der Waals surface area contributed by atoms with Crippen molar-refractivity contribution >= 4 is 7.37 Å². The third kappa shape index (κ3) is 2.18. The second-order valence-electron chi connectivity index (χ2n) is 4.62. The fraction of sp³-hybridized carbons (Fsp3) is 0.143. The third-order valence-electron chi connectivity index (χ3n) is 3.24. The Morgan fingerprint density at radius 2 is 1.20 bits per heavy atom. The average Bonchev–Trinajstić information content (AvgIpc) is 2.42. The lowest BCUT2D eigenvalue weighted by Crippen LogP contribution is -2.24. The molecular formula is C14H11F2O3P. The molecule has 1 fully saturated rings. The van der Waals surface area contributed by atoms with Gasteiger partial charge in [0.15, 0.2) is 11.7 Å². The summed E-state index contributed by atoms with van der Waals surface area (Å²) in [6.45, 7) is 0. The second kappa shape index (κ2) is 4.77. The fourth-order valence-corrected chi connectivity index (χ4v) is 4.04. The number of benzene rings is 2. The number of hydrogen-bond donors (Lipinski definition) is 1. The number of hydrogen-bond acceptors (Lipinski definition) is 2. The van der Waals surface area contributed by atoms with Crippen molar-refractivity contribution in [2.24, 2.45) is 0 Å². The van der Waals surface area contributed by atoms with Crippen LogP contribution in [0.15, 0.2) is 48.5 Å². The van der Waals surface area contributed by atoms with Gasteiger partial charge in [-0.05, 0) is 35.4 Å². The molecule has 2 aromatic carbocycles. The first kappa shape index (κ1) is 13.4. The topological polar surface area (TPSA) is 46.5 Å². The molecule has 0 bridgehead atoms. The van der Waals surface area contributed by atoms with Crippen LogP contribution in [0.25, 0.3) is 0 Å². The van der Waals surface area contributed by atoms with E-state index in [1.165, 1.54) is 48.5 Å². The molecule has 104 valence electrons. The SMILES string of the molecule is O=P1(O)[C@@H](c2ccc(F)cc2)O[C@H]1c1ccc(F)cc1. The Bertz CT molecular complexity index is 614. The minimum Gasteiger partial charge on any atom is -0.345 e. The van der Waals surface area contributed by atoms with Gasteiger partial charge in [0, 0.05) is 0 Å². The van der Waals surface area contributed by atoms with Crippen LogP contribution in [0.5, 0.6) is 0 Å². The summed E-state index contributed by atoms with van der Waals surface area (Å²) in [5.74, 6) is -2.76. The molecule has 1 saturated heterocycles. The van der Waals surface area contributed by atoms with Crippen LogP contribution in [0.4, 0.5) is 8.78 Å². The van der Waals surface area contributed by atoms with Crippen molar-refractivity contribution in [2.45, 2.75) is 11.7 Å². The Morgan fingerprint density at radius 3 is 1.50 bits per heavy atom. The molecule has 3 nitrogen and oxygen atoms in total. The molecule has 0 spiro atoms. The summed E-state index contributed by atoms with van der Waals surface area (Å²) < 4.78 is 43.5. The largest absolute Gasteiger partial charge is 0.345 e. The molecule has 0 aliphatic carbocycles. The van der Waals surface area contributed by atoms with Crippen LogP contribution in [0.1, 0.15) is 22.8 Å². The minimum absolute atomic E-state index is 0.420. The highest BCUT2D eigenvalue weighted by atomic mass is 31.2. The molecule has 0 amide bonds. The number of rotatable bonds is 2. The quantitative estimate of drug-likeness (QED) is 0.853. The fourth-order valence-electron chi connectivity index (χ4n) is 2.20. The summed E-state index contributed by atoms with van der Waals surface area (Å²) >= 11 is 0. The molecular weight excluding hydrogens is 285 g/mol. The van der Waals surface area contributed by atoms with Gasteiger partial charge in [0.05, 0.1) is 0 Å². The van der Waals surface area contributed by atoms with Gasteiger partial charge >= 0.3 is 0 Å². The number of ether oxygens (including phenoxy) is 1. The first-order valence-corrected chi connectivity index (χ1v) is 7.77. The van der Waals surface area contributed by atoms with Crippen LogP contribution in [0.2, 0.25) is 0 Å². The Labute approximate surface area is 114 Å². The maximum Gasteiger partial charge on any atom is 0.265 e. The van der Waals surface area contributed by atoms with E-state index < -0.39 is 30.7 Å². The van der Waals surface area contributed by atoms with E-state index in [4.69, 9.17) is 4.74 Å². The monoisotopic (exact) mass is 296 g/mol. The molecule has 3 rings (SSSR count). The van der Waals surface area contributed by atoms with Gasteiger partial charge in [-0.25, -0.2) is 8.78 Å². The highest BCUT2D eigenvalue weighted by Gasteiger charge is 2.53. The summed E-state index contributed by atoms with van der Waals surface area (Å²) in [6, 6.07) is 10.5. The van der Waals surface area contributed by atoms with Crippen molar-refractivity contribution in [1.29, 1.82) is 0 Å². The smallest absolute Gasteiger partial charge is 0.265 e. The van der Waals surface area contributed by atoms with Crippen LogP contribution in [0, 0.1) is 11.6 Å². The normalized spacial score (nSPS) is 28.9. The Hall–Kier alpha value is -1.55. The summed E-state index contributed by atoms with van der Waals surface area (Å²) in [5, 5.41) is 0. The molecule has 20 heavy (non-hydrogen) atoms. The van der Waals surface area contributed by atoms with E-state index in [1.807, 2.05) is 0 Å². The molecule has 6 heteroatoms. The predicted molar refractivity (Wildman–Crippen MR) is 69.2 cm³/mol. The van der Waals surface area contributed by atoms with Crippen molar-refractivity contribution in [3.63, 3.8) is 0 Å². The Kier molecular flexibility index (Phi) is 3.21. The summed E-state index contributed by atoms with van der Waals surface area (Å²) in [7, 11) is -3.63. The number of halogens is 2. The maximum absolute atomic E-state index is 12.8. The summed E-state index contributed by atoms with van der Waals surface area (Å²) in [4.78, 5) is 10.1. The van der Waals surface area contributed by atoms with E-state index in [1.54, 1.807) is 0 Å². The standard InChI is InChI=1S/C14H11F2O3P/c15-11-5-1-9(2-6-11)13-19-14(20(13,17)18)10-3-7-12(16)8-4-10/h1-8,13-14H,(H,17,18)/t13-,14+. The minimum atomic E-state index is -3.63. The van der Waals surface area contributed by atoms with E-state index in [-0.39, 0.29) is 0 Å². The summed E-state index contributed by atoms with van der Waals surface area (Å²) in [6.07, 6.45) is 0. The van der Waals surface area contributed by atoms with Crippen LogP contribution in [-0.2, 0) is 9.30 Å².